The summed E-state index contributed by atoms with van der Waals surface area (Å²) >= 11 is 6.29. The van der Waals surface area contributed by atoms with E-state index in [4.69, 9.17) is 21.1 Å². The molecule has 1 atom stereocenters. The van der Waals surface area contributed by atoms with Gasteiger partial charge in [-0.15, -0.1) is 0 Å². The number of halogens is 1. The van der Waals surface area contributed by atoms with Crippen molar-refractivity contribution in [1.29, 1.82) is 0 Å². The topological polar surface area (TPSA) is 74.4 Å². The molecular formula is C25H29ClN4O4. The van der Waals surface area contributed by atoms with Gasteiger partial charge in [-0.25, -0.2) is 0 Å². The van der Waals surface area contributed by atoms with Crippen molar-refractivity contribution in [1.82, 2.24) is 0 Å². The van der Waals surface area contributed by atoms with Crippen molar-refractivity contribution >= 4 is 46.2 Å². The van der Waals surface area contributed by atoms with Crippen molar-refractivity contribution in [3.63, 3.8) is 0 Å². The van der Waals surface area contributed by atoms with E-state index in [2.05, 4.69) is 21.2 Å². The van der Waals surface area contributed by atoms with Crippen LogP contribution in [0.2, 0.25) is 5.02 Å². The number of benzene rings is 2. The maximum atomic E-state index is 13.3. The van der Waals surface area contributed by atoms with Gasteiger partial charge in [0.05, 0.1) is 54.4 Å². The van der Waals surface area contributed by atoms with Crippen molar-refractivity contribution in [3.8, 4) is 0 Å². The van der Waals surface area contributed by atoms with Crippen LogP contribution in [-0.4, -0.2) is 71.0 Å². The number of para-hydroxylation sites is 1. The molecule has 0 aliphatic carbocycles. The van der Waals surface area contributed by atoms with E-state index >= 15 is 0 Å². The summed E-state index contributed by atoms with van der Waals surface area (Å²) < 4.78 is 11.0. The van der Waals surface area contributed by atoms with Crippen LogP contribution in [-0.2, 0) is 19.1 Å². The molecule has 0 saturated carbocycles. The third kappa shape index (κ3) is 4.85. The number of ether oxygens (including phenoxy) is 2. The van der Waals surface area contributed by atoms with E-state index in [1.165, 1.54) is 0 Å². The zero-order chi connectivity index (χ0) is 23.5. The number of nitrogens with zero attached hydrogens (tertiary/aromatic N) is 3. The normalized spacial score (nSPS) is 21.1. The Bertz CT molecular complexity index is 1050. The average molecular weight is 485 g/mol. The van der Waals surface area contributed by atoms with Crippen molar-refractivity contribution in [3.05, 3.63) is 47.5 Å². The number of morpholine rings is 2. The van der Waals surface area contributed by atoms with Crippen molar-refractivity contribution < 1.29 is 19.1 Å². The largest absolute Gasteiger partial charge is 0.378 e. The third-order valence-electron chi connectivity index (χ3n) is 6.61. The van der Waals surface area contributed by atoms with Crippen LogP contribution in [0.4, 0.5) is 22.7 Å². The van der Waals surface area contributed by atoms with E-state index in [-0.39, 0.29) is 18.2 Å². The van der Waals surface area contributed by atoms with Crippen LogP contribution < -0.4 is 20.0 Å². The highest BCUT2D eigenvalue weighted by Gasteiger charge is 2.36. The number of hydrogen-bond acceptors (Lipinski definition) is 6. The first-order valence-corrected chi connectivity index (χ1v) is 12.1. The molecule has 1 unspecified atom stereocenters. The van der Waals surface area contributed by atoms with Crippen molar-refractivity contribution in [2.45, 2.75) is 6.42 Å². The number of carbonyl (C=O) groups excluding carboxylic acids is 2. The third-order valence-corrected chi connectivity index (χ3v) is 6.93. The van der Waals surface area contributed by atoms with Crippen LogP contribution in [0.25, 0.3) is 0 Å². The summed E-state index contributed by atoms with van der Waals surface area (Å²) in [6, 6.07) is 13.4. The molecule has 3 aliphatic rings. The summed E-state index contributed by atoms with van der Waals surface area (Å²) in [5.74, 6) is -0.693. The first-order valence-electron chi connectivity index (χ1n) is 11.8. The van der Waals surface area contributed by atoms with E-state index in [1.807, 2.05) is 24.3 Å². The molecule has 3 heterocycles. The fraction of sp³-hybridized carbons (Fsp3) is 0.440. The van der Waals surface area contributed by atoms with Crippen LogP contribution in [0.3, 0.4) is 0 Å². The van der Waals surface area contributed by atoms with Crippen molar-refractivity contribution in [2.24, 2.45) is 5.92 Å². The Morgan fingerprint density at radius 3 is 2.29 bits per heavy atom. The molecule has 5 rings (SSSR count). The van der Waals surface area contributed by atoms with Gasteiger partial charge < -0.3 is 29.5 Å². The Morgan fingerprint density at radius 1 is 0.912 bits per heavy atom. The average Bonchev–Trinajstić information content (AvgIpc) is 3.27. The van der Waals surface area contributed by atoms with Crippen molar-refractivity contribution in [2.75, 3.05) is 79.2 Å². The van der Waals surface area contributed by atoms with Gasteiger partial charge in [0.2, 0.25) is 11.8 Å². The number of anilines is 4. The Kier molecular flexibility index (Phi) is 6.89. The van der Waals surface area contributed by atoms with Gasteiger partial charge in [-0.2, -0.15) is 0 Å². The summed E-state index contributed by atoms with van der Waals surface area (Å²) in [5.41, 5.74) is 3.50. The Hall–Kier alpha value is -2.81. The molecule has 9 heteroatoms. The molecule has 2 amide bonds. The predicted octanol–water partition coefficient (Wildman–Crippen LogP) is 3.00. The molecule has 0 aromatic heterocycles. The molecule has 180 valence electrons. The van der Waals surface area contributed by atoms with Crippen LogP contribution in [0.5, 0.6) is 0 Å². The molecule has 3 fully saturated rings. The molecule has 2 aromatic carbocycles. The lowest BCUT2D eigenvalue weighted by Gasteiger charge is -2.33. The standard InChI is InChI=1S/C25H29ClN4O4/c26-20-3-1-2-4-22(20)30-17-18(15-24(30)31)25(32)27-21-6-5-19(28-7-11-33-12-8-28)16-23(21)29-9-13-34-14-10-29/h1-6,16,18H,7-15,17H2,(H,27,32). The van der Waals surface area contributed by atoms with Crippen LogP contribution in [0.1, 0.15) is 6.42 Å². The summed E-state index contributed by atoms with van der Waals surface area (Å²) in [6.07, 6.45) is 0.163. The molecule has 0 spiro atoms. The highest BCUT2D eigenvalue weighted by molar-refractivity contribution is 6.34. The van der Waals surface area contributed by atoms with E-state index in [0.717, 1.165) is 43.2 Å². The van der Waals surface area contributed by atoms with Crippen LogP contribution in [0.15, 0.2) is 42.5 Å². The zero-order valence-corrected chi connectivity index (χ0v) is 19.8. The smallest absolute Gasteiger partial charge is 0.229 e. The highest BCUT2D eigenvalue weighted by Crippen LogP contribution is 2.35. The molecule has 3 saturated heterocycles. The molecule has 3 aliphatic heterocycles. The SMILES string of the molecule is O=C(Nc1ccc(N2CCOCC2)cc1N1CCOCC1)C1CC(=O)N(c2ccccc2Cl)C1. The Balaban J connectivity index is 1.35. The molecule has 2 aromatic rings. The second-order valence-electron chi connectivity index (χ2n) is 8.75. The summed E-state index contributed by atoms with van der Waals surface area (Å²) in [4.78, 5) is 32.1. The molecule has 0 bridgehead atoms. The van der Waals surface area contributed by atoms with Gasteiger partial charge >= 0.3 is 0 Å². The Morgan fingerprint density at radius 2 is 1.59 bits per heavy atom. The molecule has 34 heavy (non-hydrogen) atoms. The maximum Gasteiger partial charge on any atom is 0.229 e. The van der Waals surface area contributed by atoms with Crippen LogP contribution in [0, 0.1) is 5.92 Å². The minimum absolute atomic E-state index is 0.0932. The molecule has 1 N–H and O–H groups in total. The number of nitrogens with one attached hydrogen (secondary N) is 1. The van der Waals surface area contributed by atoms with Gasteiger partial charge in [-0.1, -0.05) is 23.7 Å². The minimum atomic E-state index is -0.444. The summed E-state index contributed by atoms with van der Waals surface area (Å²) in [7, 11) is 0. The van der Waals surface area contributed by atoms with E-state index in [1.54, 1.807) is 17.0 Å². The quantitative estimate of drug-likeness (QED) is 0.703. The number of amides is 2. The number of rotatable bonds is 5. The summed E-state index contributed by atoms with van der Waals surface area (Å²) in [5, 5.41) is 3.62. The summed E-state index contributed by atoms with van der Waals surface area (Å²) in [6.45, 7) is 6.25. The molecule has 8 nitrogen and oxygen atoms in total. The number of hydrogen-bond donors (Lipinski definition) is 1. The zero-order valence-electron chi connectivity index (χ0n) is 19.0. The first-order chi connectivity index (χ1) is 16.6. The molecule has 0 radical (unpaired) electrons. The van der Waals surface area contributed by atoms with Gasteiger partial charge in [0.1, 0.15) is 0 Å². The fourth-order valence-corrected chi connectivity index (χ4v) is 4.97. The molecular weight excluding hydrogens is 456 g/mol. The second-order valence-corrected chi connectivity index (χ2v) is 9.15. The van der Waals surface area contributed by atoms with Crippen LogP contribution >= 0.6 is 11.6 Å². The first kappa shape index (κ1) is 23.0. The highest BCUT2D eigenvalue weighted by atomic mass is 35.5. The maximum absolute atomic E-state index is 13.3. The Labute approximate surface area is 204 Å². The lowest BCUT2D eigenvalue weighted by molar-refractivity contribution is -0.122. The van der Waals surface area contributed by atoms with E-state index in [0.29, 0.717) is 43.7 Å². The monoisotopic (exact) mass is 484 g/mol. The van der Waals surface area contributed by atoms with Gasteiger partial charge in [-0.05, 0) is 30.3 Å². The van der Waals surface area contributed by atoms with Gasteiger partial charge in [0.15, 0.2) is 0 Å². The van der Waals surface area contributed by atoms with E-state index < -0.39 is 5.92 Å². The van der Waals surface area contributed by atoms with E-state index in [9.17, 15) is 9.59 Å². The van der Waals surface area contributed by atoms with Gasteiger partial charge in [-0.3, -0.25) is 9.59 Å². The number of carbonyl (C=O) groups is 2. The fourth-order valence-electron chi connectivity index (χ4n) is 4.73. The van der Waals surface area contributed by atoms with Gasteiger partial charge in [0.25, 0.3) is 0 Å². The second kappa shape index (κ2) is 10.2. The minimum Gasteiger partial charge on any atom is -0.378 e. The lowest BCUT2D eigenvalue weighted by Crippen LogP contribution is -2.38. The van der Waals surface area contributed by atoms with Gasteiger partial charge in [0, 0.05) is 44.8 Å². The lowest BCUT2D eigenvalue weighted by atomic mass is 10.1. The predicted molar refractivity (Wildman–Crippen MR) is 133 cm³/mol.